The van der Waals surface area contributed by atoms with Crippen LogP contribution >= 0.6 is 7.82 Å². The van der Waals surface area contributed by atoms with Gasteiger partial charge in [0.2, 0.25) is 6.17 Å². The molecule has 0 aliphatic carbocycles. The summed E-state index contributed by atoms with van der Waals surface area (Å²) < 4.78 is 124. The maximum Gasteiger partial charge on any atom is 0.472 e. The Labute approximate surface area is 104 Å². The summed E-state index contributed by atoms with van der Waals surface area (Å²) in [6, 6.07) is 0. The fraction of sp³-hybridized carbons (Fsp3) is 1.00. The Kier molecular flexibility index (Phi) is 5.92. The summed E-state index contributed by atoms with van der Waals surface area (Å²) in [4.78, 5) is 15.9. The minimum absolute atomic E-state index is 2.57. The highest BCUT2D eigenvalue weighted by Crippen LogP contribution is 2.49. The zero-order chi connectivity index (χ0) is 16.5. The molecule has 122 valence electrons. The molecule has 0 aromatic rings. The van der Waals surface area contributed by atoms with Crippen molar-refractivity contribution in [2.75, 3.05) is 0 Å². The number of phosphoric ester groups is 1. The van der Waals surface area contributed by atoms with Crippen LogP contribution < -0.4 is 0 Å². The summed E-state index contributed by atoms with van der Waals surface area (Å²) in [6.45, 7) is 0. The van der Waals surface area contributed by atoms with Gasteiger partial charge in [0, 0.05) is 0 Å². The monoisotopic (exact) mass is 344 g/mol. The van der Waals surface area contributed by atoms with E-state index < -0.39 is 44.8 Å². The molecule has 0 aliphatic heterocycles. The average molecular weight is 344 g/mol. The van der Waals surface area contributed by atoms with Gasteiger partial charge in [0.15, 0.2) is 6.17 Å². The first-order chi connectivity index (χ1) is 8.64. The quantitative estimate of drug-likeness (QED) is 0.550. The van der Waals surface area contributed by atoms with Crippen molar-refractivity contribution in [1.82, 2.24) is 0 Å². The maximum absolute atomic E-state index is 12.8. The van der Waals surface area contributed by atoms with Crippen molar-refractivity contribution in [1.29, 1.82) is 0 Å². The van der Waals surface area contributed by atoms with E-state index in [9.17, 15) is 44.1 Å². The molecule has 20 heavy (non-hydrogen) atoms. The SMILES string of the molecule is O=P(O)(O)OC(F)C(F)(F)C(F)(F)C(F)C(F)C(F)F. The third kappa shape index (κ3) is 4.24. The van der Waals surface area contributed by atoms with E-state index in [1.165, 1.54) is 0 Å². The van der Waals surface area contributed by atoms with Crippen molar-refractivity contribution >= 4 is 7.82 Å². The van der Waals surface area contributed by atoms with Gasteiger partial charge in [0.1, 0.15) is 0 Å². The van der Waals surface area contributed by atoms with Crippen molar-refractivity contribution < 1.29 is 58.4 Å². The largest absolute Gasteiger partial charge is 0.472 e. The highest BCUT2D eigenvalue weighted by molar-refractivity contribution is 7.46. The molecule has 2 N–H and O–H groups in total. The summed E-state index contributed by atoms with van der Waals surface area (Å²) in [5.41, 5.74) is 0. The fourth-order valence-electron chi connectivity index (χ4n) is 0.850. The maximum atomic E-state index is 12.8. The lowest BCUT2D eigenvalue weighted by molar-refractivity contribution is -0.305. The van der Waals surface area contributed by atoms with Gasteiger partial charge in [-0.15, -0.1) is 0 Å². The normalized spacial score (nSPS) is 19.0. The van der Waals surface area contributed by atoms with Crippen LogP contribution in [0.1, 0.15) is 0 Å². The first-order valence-corrected chi connectivity index (χ1v) is 5.87. The molecule has 0 saturated heterocycles. The highest BCUT2D eigenvalue weighted by Gasteiger charge is 2.70. The van der Waals surface area contributed by atoms with Crippen LogP contribution in [-0.4, -0.2) is 46.8 Å². The van der Waals surface area contributed by atoms with Crippen molar-refractivity contribution in [3.05, 3.63) is 0 Å². The summed E-state index contributed by atoms with van der Waals surface area (Å²) in [5.74, 6) is -12.7. The topological polar surface area (TPSA) is 66.8 Å². The van der Waals surface area contributed by atoms with E-state index in [2.05, 4.69) is 4.52 Å². The molecular formula is C6H6F9O4P. The van der Waals surface area contributed by atoms with E-state index in [1.54, 1.807) is 0 Å². The number of phosphoric acid groups is 1. The van der Waals surface area contributed by atoms with Crippen LogP contribution in [0.15, 0.2) is 0 Å². The van der Waals surface area contributed by atoms with Crippen molar-refractivity contribution in [3.8, 4) is 0 Å². The Balaban J connectivity index is 5.29. The highest BCUT2D eigenvalue weighted by atomic mass is 31.2. The minimum Gasteiger partial charge on any atom is -0.303 e. The van der Waals surface area contributed by atoms with E-state index in [4.69, 9.17) is 9.79 Å². The molecule has 0 aromatic heterocycles. The molecule has 0 spiro atoms. The van der Waals surface area contributed by atoms with E-state index in [0.29, 0.717) is 0 Å². The molecule has 3 unspecified atom stereocenters. The van der Waals surface area contributed by atoms with Crippen LogP contribution in [0.25, 0.3) is 0 Å². The molecule has 0 saturated carbocycles. The molecule has 3 atom stereocenters. The van der Waals surface area contributed by atoms with Crippen LogP contribution in [-0.2, 0) is 9.09 Å². The van der Waals surface area contributed by atoms with Gasteiger partial charge in [-0.2, -0.15) is 17.6 Å². The van der Waals surface area contributed by atoms with Crippen LogP contribution in [0.2, 0.25) is 0 Å². The first-order valence-electron chi connectivity index (χ1n) is 4.34. The predicted octanol–water partition coefficient (Wildman–Crippen LogP) is 2.60. The summed E-state index contributed by atoms with van der Waals surface area (Å²) >= 11 is 0. The molecule has 14 heteroatoms. The molecule has 0 bridgehead atoms. The molecule has 0 rings (SSSR count). The van der Waals surface area contributed by atoms with Crippen LogP contribution in [0.5, 0.6) is 0 Å². The summed E-state index contributed by atoms with van der Waals surface area (Å²) in [5, 5.41) is 0. The second-order valence-electron chi connectivity index (χ2n) is 3.34. The van der Waals surface area contributed by atoms with Crippen molar-refractivity contribution in [2.24, 2.45) is 0 Å². The molecule has 0 fully saturated rings. The Morgan fingerprint density at radius 2 is 1.30 bits per heavy atom. The Bertz CT molecular complexity index is 371. The fourth-order valence-corrected chi connectivity index (χ4v) is 1.22. The molecule has 0 heterocycles. The number of hydrogen-bond acceptors (Lipinski definition) is 2. The molecule has 0 amide bonds. The Morgan fingerprint density at radius 1 is 0.900 bits per heavy atom. The van der Waals surface area contributed by atoms with E-state index >= 15 is 0 Å². The average Bonchev–Trinajstić information content (AvgIpc) is 2.23. The van der Waals surface area contributed by atoms with Gasteiger partial charge < -0.3 is 9.79 Å². The number of rotatable bonds is 7. The summed E-state index contributed by atoms with van der Waals surface area (Å²) in [7, 11) is -6.01. The van der Waals surface area contributed by atoms with E-state index in [1.807, 2.05) is 0 Å². The minimum atomic E-state index is -6.35. The van der Waals surface area contributed by atoms with E-state index in [-0.39, 0.29) is 0 Å². The molecular weight excluding hydrogens is 338 g/mol. The summed E-state index contributed by atoms with van der Waals surface area (Å²) in [6.07, 6.45) is -18.4. The molecule has 0 aromatic carbocycles. The van der Waals surface area contributed by atoms with Crippen LogP contribution in [0, 0.1) is 0 Å². The second kappa shape index (κ2) is 6.08. The number of halogens is 9. The predicted molar refractivity (Wildman–Crippen MR) is 43.7 cm³/mol. The molecule has 0 radical (unpaired) electrons. The van der Waals surface area contributed by atoms with Gasteiger partial charge in [-0.1, -0.05) is 0 Å². The third-order valence-corrected chi connectivity index (χ3v) is 2.29. The standard InChI is InChI=1S/C6H6F9O4P/c7-1(3(9)10)2(8)5(12,13)6(14,15)4(11)19-20(16,17)18/h1-4H,(H2,16,17,18). The van der Waals surface area contributed by atoms with Crippen LogP contribution in [0.4, 0.5) is 39.5 Å². The Hall–Kier alpha value is -0.520. The van der Waals surface area contributed by atoms with Gasteiger partial charge >= 0.3 is 19.7 Å². The lowest BCUT2D eigenvalue weighted by Gasteiger charge is -2.31. The number of alkyl halides is 9. The first kappa shape index (κ1) is 19.5. The zero-order valence-corrected chi connectivity index (χ0v) is 9.76. The molecule has 0 aliphatic rings. The van der Waals surface area contributed by atoms with Gasteiger partial charge in [-0.3, -0.25) is 0 Å². The van der Waals surface area contributed by atoms with Gasteiger partial charge in [-0.05, 0) is 0 Å². The van der Waals surface area contributed by atoms with Crippen molar-refractivity contribution in [3.63, 3.8) is 0 Å². The van der Waals surface area contributed by atoms with Gasteiger partial charge in [0.25, 0.3) is 12.8 Å². The van der Waals surface area contributed by atoms with E-state index in [0.717, 1.165) is 0 Å². The molecule has 4 nitrogen and oxygen atoms in total. The Morgan fingerprint density at radius 3 is 1.60 bits per heavy atom. The second-order valence-corrected chi connectivity index (χ2v) is 4.53. The van der Waals surface area contributed by atoms with Crippen molar-refractivity contribution in [2.45, 2.75) is 37.0 Å². The lowest BCUT2D eigenvalue weighted by Crippen LogP contribution is -2.57. The zero-order valence-electron chi connectivity index (χ0n) is 8.87. The van der Waals surface area contributed by atoms with Crippen LogP contribution in [0.3, 0.4) is 0 Å². The number of hydrogen-bond donors (Lipinski definition) is 2. The van der Waals surface area contributed by atoms with Gasteiger partial charge in [-0.25, -0.2) is 31.0 Å². The van der Waals surface area contributed by atoms with Gasteiger partial charge in [0.05, 0.1) is 0 Å². The smallest absolute Gasteiger partial charge is 0.303 e. The lowest BCUT2D eigenvalue weighted by atomic mass is 10.0. The third-order valence-electron chi connectivity index (χ3n) is 1.83.